The molecule has 4 atom stereocenters. The van der Waals surface area contributed by atoms with Crippen LogP contribution in [0.2, 0.25) is 0 Å². The number of benzene rings is 2. The fraction of sp³-hybridized carbons (Fsp3) is 0.407. The molecule has 0 fully saturated rings. The van der Waals surface area contributed by atoms with Crippen LogP contribution in [0.3, 0.4) is 0 Å². The van der Waals surface area contributed by atoms with Crippen LogP contribution in [0.1, 0.15) is 38.3 Å². The molecule has 2 aromatic rings. The molecule has 0 spiro atoms. The highest BCUT2D eigenvalue weighted by molar-refractivity contribution is 5.94. The Morgan fingerprint density at radius 1 is 0.711 bits per heavy atom. The molecule has 2 rings (SSSR count). The Morgan fingerprint density at radius 3 is 1.63 bits per heavy atom. The number of carbonyl (C=O) groups excluding carboxylic acids is 3. The molecule has 0 aliphatic rings. The molecule has 0 heterocycles. The third kappa shape index (κ3) is 9.74. The highest BCUT2D eigenvalue weighted by atomic mass is 16.4. The highest BCUT2D eigenvalue weighted by Crippen LogP contribution is 2.14. The predicted octanol–water partition coefficient (Wildman–Crippen LogP) is 0.815. The van der Waals surface area contributed by atoms with Crippen molar-refractivity contribution < 1.29 is 34.5 Å². The van der Waals surface area contributed by atoms with Gasteiger partial charge >= 0.3 is 5.97 Å². The van der Waals surface area contributed by atoms with Gasteiger partial charge in [0.1, 0.15) is 29.6 Å². The van der Waals surface area contributed by atoms with Gasteiger partial charge in [0.25, 0.3) is 0 Å². The van der Waals surface area contributed by atoms with E-state index < -0.39 is 47.9 Å². The molecule has 4 unspecified atom stereocenters. The van der Waals surface area contributed by atoms with Crippen LogP contribution in [-0.4, -0.2) is 63.2 Å². The summed E-state index contributed by atoms with van der Waals surface area (Å²) >= 11 is 0. The minimum Gasteiger partial charge on any atom is -0.508 e. The molecule has 0 aliphatic carbocycles. The Kier molecular flexibility index (Phi) is 11.1. The number of nitrogens with one attached hydrogen (secondary N) is 3. The van der Waals surface area contributed by atoms with Crippen LogP contribution in [0.4, 0.5) is 0 Å². The Balaban J connectivity index is 2.17. The van der Waals surface area contributed by atoms with Gasteiger partial charge in [-0.05, 0) is 61.1 Å². The summed E-state index contributed by atoms with van der Waals surface area (Å²) in [6.45, 7) is 5.05. The lowest BCUT2D eigenvalue weighted by Gasteiger charge is -2.26. The Morgan fingerprint density at radius 2 is 1.16 bits per heavy atom. The molecule has 0 saturated carbocycles. The summed E-state index contributed by atoms with van der Waals surface area (Å²) in [5, 5.41) is 35.8. The molecule has 8 N–H and O–H groups in total. The molecule has 0 saturated heterocycles. The molecular formula is C27H36N4O7. The second-order valence-corrected chi connectivity index (χ2v) is 9.67. The van der Waals surface area contributed by atoms with Gasteiger partial charge in [-0.2, -0.15) is 0 Å². The smallest absolute Gasteiger partial charge is 0.325 e. The van der Waals surface area contributed by atoms with Crippen molar-refractivity contribution in [3.05, 3.63) is 59.7 Å². The van der Waals surface area contributed by atoms with Crippen molar-refractivity contribution in [2.75, 3.05) is 0 Å². The summed E-state index contributed by atoms with van der Waals surface area (Å²) in [5.41, 5.74) is 7.41. The lowest BCUT2D eigenvalue weighted by molar-refractivity contribution is -0.141. The number of hydrogen-bond donors (Lipinski definition) is 7. The highest BCUT2D eigenvalue weighted by Gasteiger charge is 2.30. The van der Waals surface area contributed by atoms with Crippen LogP contribution in [0, 0.1) is 5.92 Å². The average Bonchev–Trinajstić information content (AvgIpc) is 2.85. The number of amides is 3. The van der Waals surface area contributed by atoms with Crippen molar-refractivity contribution in [2.24, 2.45) is 11.7 Å². The monoisotopic (exact) mass is 528 g/mol. The van der Waals surface area contributed by atoms with Crippen LogP contribution in [0.25, 0.3) is 0 Å². The van der Waals surface area contributed by atoms with E-state index in [1.165, 1.54) is 31.2 Å². The van der Waals surface area contributed by atoms with Gasteiger partial charge < -0.3 is 37.0 Å². The third-order valence-electron chi connectivity index (χ3n) is 5.81. The zero-order chi connectivity index (χ0) is 28.4. The molecule has 3 amide bonds. The molecule has 0 aliphatic heterocycles. The second-order valence-electron chi connectivity index (χ2n) is 9.67. The average molecular weight is 529 g/mol. The zero-order valence-electron chi connectivity index (χ0n) is 21.7. The number of rotatable bonds is 13. The first-order chi connectivity index (χ1) is 17.8. The van der Waals surface area contributed by atoms with E-state index in [0.717, 1.165) is 5.56 Å². The van der Waals surface area contributed by atoms with Crippen molar-refractivity contribution in [1.82, 2.24) is 16.0 Å². The number of aromatic hydroxyl groups is 2. The first-order valence-electron chi connectivity index (χ1n) is 12.3. The minimum atomic E-state index is -1.24. The van der Waals surface area contributed by atoms with Gasteiger partial charge in [0.05, 0.1) is 6.04 Å². The number of phenols is 2. The summed E-state index contributed by atoms with van der Waals surface area (Å²) in [5.74, 6) is -2.99. The van der Waals surface area contributed by atoms with E-state index in [-0.39, 0.29) is 36.7 Å². The number of phenolic OH excluding ortho intramolecular Hbond substituents is 2. The van der Waals surface area contributed by atoms with E-state index in [1.54, 1.807) is 24.3 Å². The standard InChI is InChI=1S/C27H36N4O7/c1-15(2)12-22(30-24(34)21(28)13-17-4-8-19(32)9-5-17)26(36)31-23(25(35)29-16(3)27(37)38)14-18-6-10-20(33)11-7-18/h4-11,15-16,21-23,32-33H,12-14,28H2,1-3H3,(H,29,35)(H,30,34)(H,31,36)(H,37,38). The lowest BCUT2D eigenvalue weighted by Crippen LogP contribution is -2.57. The Labute approximate surface area is 221 Å². The maximum absolute atomic E-state index is 13.3. The Hall–Kier alpha value is -4.12. The van der Waals surface area contributed by atoms with Gasteiger partial charge in [-0.15, -0.1) is 0 Å². The van der Waals surface area contributed by atoms with E-state index >= 15 is 0 Å². The molecule has 0 aromatic heterocycles. The minimum absolute atomic E-state index is 0.00998. The van der Waals surface area contributed by atoms with Gasteiger partial charge in [0.2, 0.25) is 17.7 Å². The lowest BCUT2D eigenvalue weighted by atomic mass is 10.00. The predicted molar refractivity (Wildman–Crippen MR) is 140 cm³/mol. The number of hydrogen-bond acceptors (Lipinski definition) is 7. The van der Waals surface area contributed by atoms with Gasteiger partial charge in [0, 0.05) is 6.42 Å². The van der Waals surface area contributed by atoms with Crippen molar-refractivity contribution in [2.45, 2.75) is 64.2 Å². The second kappa shape index (κ2) is 14.0. The van der Waals surface area contributed by atoms with Crippen molar-refractivity contribution in [3.63, 3.8) is 0 Å². The van der Waals surface area contributed by atoms with Crippen molar-refractivity contribution in [1.29, 1.82) is 0 Å². The van der Waals surface area contributed by atoms with E-state index in [1.807, 2.05) is 13.8 Å². The van der Waals surface area contributed by atoms with Crippen LogP contribution in [0.15, 0.2) is 48.5 Å². The number of carboxylic acid groups (broad SMARTS) is 1. The summed E-state index contributed by atoms with van der Waals surface area (Å²) < 4.78 is 0. The van der Waals surface area contributed by atoms with E-state index in [0.29, 0.717) is 5.56 Å². The summed E-state index contributed by atoms with van der Waals surface area (Å²) in [6.07, 6.45) is 0.469. The van der Waals surface area contributed by atoms with Gasteiger partial charge in [-0.25, -0.2) is 0 Å². The van der Waals surface area contributed by atoms with E-state index in [9.17, 15) is 34.5 Å². The molecule has 206 valence electrons. The fourth-order valence-electron chi connectivity index (χ4n) is 3.69. The van der Waals surface area contributed by atoms with Crippen molar-refractivity contribution >= 4 is 23.7 Å². The maximum atomic E-state index is 13.3. The molecule has 11 nitrogen and oxygen atoms in total. The maximum Gasteiger partial charge on any atom is 0.325 e. The van der Waals surface area contributed by atoms with Crippen LogP contribution >= 0.6 is 0 Å². The van der Waals surface area contributed by atoms with Crippen LogP contribution in [-0.2, 0) is 32.0 Å². The SMILES string of the molecule is CC(C)CC(NC(=O)C(N)Cc1ccc(O)cc1)C(=O)NC(Cc1ccc(O)cc1)C(=O)NC(C)C(=O)O. The zero-order valence-corrected chi connectivity index (χ0v) is 21.7. The van der Waals surface area contributed by atoms with E-state index in [2.05, 4.69) is 16.0 Å². The number of carbonyl (C=O) groups is 4. The molecule has 0 bridgehead atoms. The Bertz CT molecular complexity index is 1100. The molecular weight excluding hydrogens is 492 g/mol. The largest absolute Gasteiger partial charge is 0.508 e. The van der Waals surface area contributed by atoms with Crippen molar-refractivity contribution in [3.8, 4) is 11.5 Å². The van der Waals surface area contributed by atoms with E-state index in [4.69, 9.17) is 5.73 Å². The molecule has 11 heteroatoms. The number of carboxylic acids is 1. The van der Waals surface area contributed by atoms with Crippen LogP contribution in [0.5, 0.6) is 11.5 Å². The number of aliphatic carboxylic acids is 1. The third-order valence-corrected chi connectivity index (χ3v) is 5.81. The normalized spacial score (nSPS) is 14.1. The summed E-state index contributed by atoms with van der Waals surface area (Å²) in [4.78, 5) is 50.3. The summed E-state index contributed by atoms with van der Waals surface area (Å²) in [7, 11) is 0. The van der Waals surface area contributed by atoms with Crippen LogP contribution < -0.4 is 21.7 Å². The first kappa shape index (κ1) is 30.1. The topological polar surface area (TPSA) is 191 Å². The molecule has 2 aromatic carbocycles. The van der Waals surface area contributed by atoms with Gasteiger partial charge in [-0.3, -0.25) is 19.2 Å². The summed E-state index contributed by atoms with van der Waals surface area (Å²) in [6, 6.07) is 7.99. The first-order valence-corrected chi connectivity index (χ1v) is 12.3. The molecule has 0 radical (unpaired) electrons. The van der Waals surface area contributed by atoms with Gasteiger partial charge in [-0.1, -0.05) is 38.1 Å². The number of nitrogens with two attached hydrogens (primary N) is 1. The quantitative estimate of drug-likeness (QED) is 0.199. The molecule has 38 heavy (non-hydrogen) atoms. The fourth-order valence-corrected chi connectivity index (χ4v) is 3.69. The van der Waals surface area contributed by atoms with Gasteiger partial charge in [0.15, 0.2) is 0 Å².